The van der Waals surface area contributed by atoms with E-state index in [1.165, 1.54) is 19.1 Å². The average molecular weight is 570 g/mol. The van der Waals surface area contributed by atoms with Gasteiger partial charge in [-0.05, 0) is 42.0 Å². The molecule has 7 nitrogen and oxygen atoms in total. The summed E-state index contributed by atoms with van der Waals surface area (Å²) in [6, 6.07) is 2.22. The zero-order valence-electron chi connectivity index (χ0n) is 22.8. The molecule has 1 aromatic rings. The molecule has 1 aromatic carbocycles. The molecule has 0 bridgehead atoms. The number of amides is 3. The van der Waals surface area contributed by atoms with Gasteiger partial charge in [0, 0.05) is 5.92 Å². The molecule has 0 radical (unpaired) electrons. The molecule has 4 N–H and O–H groups in total. The van der Waals surface area contributed by atoms with E-state index < -0.39 is 48.5 Å². The summed E-state index contributed by atoms with van der Waals surface area (Å²) in [7, 11) is 0. The van der Waals surface area contributed by atoms with Gasteiger partial charge in [0.05, 0.1) is 11.6 Å². The number of nitrogens with one attached hydrogen (secondary N) is 2. The van der Waals surface area contributed by atoms with Gasteiger partial charge in [-0.1, -0.05) is 76.9 Å². The van der Waals surface area contributed by atoms with E-state index in [1.54, 1.807) is 5.32 Å². The van der Waals surface area contributed by atoms with Gasteiger partial charge in [0.1, 0.15) is 5.82 Å². The van der Waals surface area contributed by atoms with Crippen LogP contribution in [0.5, 0.6) is 0 Å². The van der Waals surface area contributed by atoms with Crippen molar-refractivity contribution < 1.29 is 36.7 Å². The molecule has 2 aliphatic carbocycles. The fraction of sp³-hybridized carbons (Fsp3) is 0.621. The number of carbonyl (C=O) groups excluding carboxylic acids is 3. The lowest BCUT2D eigenvalue weighted by atomic mass is 9.67. The molecule has 3 unspecified atom stereocenters. The van der Waals surface area contributed by atoms with Crippen molar-refractivity contribution in [2.45, 2.75) is 95.9 Å². The monoisotopic (exact) mass is 569 g/mol. The number of rotatable bonds is 11. The zero-order chi connectivity index (χ0) is 29.4. The Kier molecular flexibility index (Phi) is 11.4. The second-order valence-electron chi connectivity index (χ2n) is 10.9. The summed E-state index contributed by atoms with van der Waals surface area (Å²) in [5, 5.41) is 4.10. The van der Waals surface area contributed by atoms with Crippen LogP contribution < -0.4 is 16.4 Å². The topological polar surface area (TPSA) is 111 Å². The van der Waals surface area contributed by atoms with Gasteiger partial charge in [0.25, 0.3) is 12.3 Å². The zero-order valence-corrected chi connectivity index (χ0v) is 22.8. The Morgan fingerprint density at radius 3 is 2.00 bits per heavy atom. The molecule has 0 saturated heterocycles. The second-order valence-corrected chi connectivity index (χ2v) is 10.9. The highest BCUT2D eigenvalue weighted by Gasteiger charge is 2.42. The Morgan fingerprint density at radius 2 is 1.52 bits per heavy atom. The molecular formula is C29H39F4N3O4. The highest BCUT2D eigenvalue weighted by atomic mass is 19.3. The Hall–Kier alpha value is -3.11. The summed E-state index contributed by atoms with van der Waals surface area (Å²) in [5.41, 5.74) is 5.45. The molecule has 3 atom stereocenters. The third kappa shape index (κ3) is 7.97. The summed E-state index contributed by atoms with van der Waals surface area (Å²) in [5.74, 6) is -3.82. The van der Waals surface area contributed by atoms with Crippen LogP contribution in [0.25, 0.3) is 6.08 Å². The molecule has 0 spiro atoms. The minimum Gasteiger partial charge on any atom is -0.436 e. The van der Waals surface area contributed by atoms with E-state index in [-0.39, 0.29) is 34.6 Å². The van der Waals surface area contributed by atoms with Crippen molar-refractivity contribution >= 4 is 29.7 Å². The number of hydrogen-bond donors (Lipinski definition) is 3. The van der Waals surface area contributed by atoms with Crippen molar-refractivity contribution in [2.24, 2.45) is 23.5 Å². The maximum absolute atomic E-state index is 15.3. The Morgan fingerprint density at radius 1 is 0.975 bits per heavy atom. The van der Waals surface area contributed by atoms with E-state index in [0.717, 1.165) is 70.3 Å². The van der Waals surface area contributed by atoms with E-state index in [0.29, 0.717) is 0 Å². The summed E-state index contributed by atoms with van der Waals surface area (Å²) >= 11 is 0. The van der Waals surface area contributed by atoms with E-state index in [9.17, 15) is 27.6 Å². The van der Waals surface area contributed by atoms with Crippen molar-refractivity contribution in [3.8, 4) is 0 Å². The molecule has 3 amide bonds. The first-order valence-electron chi connectivity index (χ1n) is 14.0. The summed E-state index contributed by atoms with van der Waals surface area (Å²) in [6.07, 6.45) is 2.62. The maximum Gasteiger partial charge on any atom is 0.405 e. The van der Waals surface area contributed by atoms with Gasteiger partial charge in [-0.15, -0.1) is 0 Å². The fourth-order valence-corrected chi connectivity index (χ4v) is 6.27. The van der Waals surface area contributed by atoms with Crippen LogP contribution in [0.15, 0.2) is 18.7 Å². The lowest BCUT2D eigenvalue weighted by Gasteiger charge is -2.41. The molecular weight excluding hydrogens is 530 g/mol. The average Bonchev–Trinajstić information content (AvgIpc) is 2.93. The van der Waals surface area contributed by atoms with Crippen molar-refractivity contribution in [1.82, 2.24) is 5.32 Å². The highest BCUT2D eigenvalue weighted by molar-refractivity contribution is 5.96. The Balaban J connectivity index is 1.88. The first kappa shape index (κ1) is 31.4. The summed E-state index contributed by atoms with van der Waals surface area (Å²) in [4.78, 5) is 37.8. The predicted molar refractivity (Wildman–Crippen MR) is 144 cm³/mol. The van der Waals surface area contributed by atoms with Crippen molar-refractivity contribution in [3.63, 3.8) is 0 Å². The van der Waals surface area contributed by atoms with Crippen LogP contribution in [0.2, 0.25) is 0 Å². The third-order valence-corrected chi connectivity index (χ3v) is 8.25. The number of carbonyl (C=O) groups is 3. The van der Waals surface area contributed by atoms with E-state index in [2.05, 4.69) is 11.9 Å². The van der Waals surface area contributed by atoms with E-state index in [4.69, 9.17) is 10.5 Å². The number of alkyl halides is 3. The number of nitrogens with two attached hydrogens (primary N) is 1. The number of hydrogen-bond acceptors (Lipinski definition) is 4. The van der Waals surface area contributed by atoms with Gasteiger partial charge in [-0.3, -0.25) is 9.59 Å². The number of primary amides is 1. The van der Waals surface area contributed by atoms with E-state index in [1.807, 2.05) is 0 Å². The molecule has 40 heavy (non-hydrogen) atoms. The number of benzene rings is 1. The molecule has 11 heteroatoms. The SMILES string of the molecule is C=Cc1cc(NC(=O)C(OC(N)=O)C(C2CCCCC2)C2CCCCC2)c(F)cc1C(C)C(=O)NC(F)C(F)F. The van der Waals surface area contributed by atoms with Crippen LogP contribution in [0.3, 0.4) is 0 Å². The van der Waals surface area contributed by atoms with Gasteiger partial charge in [0.15, 0.2) is 6.10 Å². The lowest BCUT2D eigenvalue weighted by Crippen LogP contribution is -2.46. The largest absolute Gasteiger partial charge is 0.436 e. The Labute approximate surface area is 232 Å². The molecule has 3 rings (SSSR count). The van der Waals surface area contributed by atoms with Crippen LogP contribution in [-0.2, 0) is 14.3 Å². The molecule has 0 heterocycles. The van der Waals surface area contributed by atoms with Gasteiger partial charge in [0.2, 0.25) is 12.2 Å². The molecule has 2 fully saturated rings. The van der Waals surface area contributed by atoms with Gasteiger partial charge in [-0.2, -0.15) is 0 Å². The molecule has 2 aliphatic rings. The first-order chi connectivity index (χ1) is 19.0. The van der Waals surface area contributed by atoms with Gasteiger partial charge < -0.3 is 21.1 Å². The minimum atomic E-state index is -3.41. The number of anilines is 1. The third-order valence-electron chi connectivity index (χ3n) is 8.25. The van der Waals surface area contributed by atoms with E-state index >= 15 is 4.39 Å². The highest BCUT2D eigenvalue weighted by Crippen LogP contribution is 2.43. The molecule has 2 saturated carbocycles. The maximum atomic E-state index is 15.3. The minimum absolute atomic E-state index is 0.0664. The molecule has 0 aliphatic heterocycles. The molecule has 222 valence electrons. The number of ether oxygens (including phenoxy) is 1. The van der Waals surface area contributed by atoms with Crippen LogP contribution in [0.4, 0.5) is 28.0 Å². The van der Waals surface area contributed by atoms with Crippen molar-refractivity contribution in [3.05, 3.63) is 35.7 Å². The Bertz CT molecular complexity index is 1040. The standard InChI is InChI=1S/C29H39F4N3O4/c1-3-17-14-22(21(30)15-20(17)16(2)27(37)36-26(33)25(31)32)35-28(38)24(40-29(34)39)23(18-10-6-4-7-11-18)19-12-8-5-9-13-19/h3,14-16,18-19,23-26H,1,4-13H2,2H3,(H2,34,39)(H,35,38)(H,36,37). The van der Waals surface area contributed by atoms with Crippen LogP contribution in [-0.4, -0.2) is 36.7 Å². The van der Waals surface area contributed by atoms with Crippen LogP contribution >= 0.6 is 0 Å². The van der Waals surface area contributed by atoms with Crippen molar-refractivity contribution in [1.29, 1.82) is 0 Å². The lowest BCUT2D eigenvalue weighted by molar-refractivity contribution is -0.130. The van der Waals surface area contributed by atoms with Crippen LogP contribution in [0, 0.1) is 23.6 Å². The normalized spacial score (nSPS) is 19.1. The van der Waals surface area contributed by atoms with Crippen LogP contribution in [0.1, 0.15) is 88.2 Å². The van der Waals surface area contributed by atoms with Crippen molar-refractivity contribution in [2.75, 3.05) is 5.32 Å². The second kappa shape index (κ2) is 14.5. The summed E-state index contributed by atoms with van der Waals surface area (Å²) < 4.78 is 59.1. The summed E-state index contributed by atoms with van der Waals surface area (Å²) in [6.45, 7) is 4.96. The fourth-order valence-electron chi connectivity index (χ4n) is 6.27. The first-order valence-corrected chi connectivity index (χ1v) is 14.0. The molecule has 0 aromatic heterocycles. The predicted octanol–water partition coefficient (Wildman–Crippen LogP) is 6.43. The smallest absolute Gasteiger partial charge is 0.405 e. The van der Waals surface area contributed by atoms with Gasteiger partial charge in [-0.25, -0.2) is 22.4 Å². The number of halogens is 4. The van der Waals surface area contributed by atoms with Gasteiger partial charge >= 0.3 is 6.09 Å². The quantitative estimate of drug-likeness (QED) is 0.211.